The van der Waals surface area contributed by atoms with Gasteiger partial charge in [0.25, 0.3) is 5.91 Å². The van der Waals surface area contributed by atoms with Crippen LogP contribution in [-0.4, -0.2) is 36.1 Å². The fraction of sp³-hybridized carbons (Fsp3) is 0.679. The zero-order chi connectivity index (χ0) is 20.6. The third-order valence-electron chi connectivity index (χ3n) is 6.84. The molecule has 1 saturated carbocycles. The van der Waals surface area contributed by atoms with Crippen LogP contribution in [0, 0.1) is 5.92 Å². The number of hydrogen-bond acceptors (Lipinski definition) is 2. The molecule has 1 aromatic carbocycles. The van der Waals surface area contributed by atoms with Crippen molar-refractivity contribution < 1.29 is 9.53 Å². The molecular weight excluding hydrogens is 382 g/mol. The third kappa shape index (κ3) is 6.94. The summed E-state index contributed by atoms with van der Waals surface area (Å²) in [5.74, 6) is 0.955. The van der Waals surface area contributed by atoms with Crippen LogP contribution >= 0.6 is 0 Å². The van der Waals surface area contributed by atoms with Crippen LogP contribution in [0.25, 0.3) is 5.57 Å². The van der Waals surface area contributed by atoms with Crippen molar-refractivity contribution >= 4 is 11.5 Å². The lowest BCUT2D eigenvalue weighted by atomic mass is 9.78. The molecule has 3 atom stereocenters. The minimum Gasteiger partial charge on any atom is -0.378 e. The quantitative estimate of drug-likeness (QED) is 0.479. The monoisotopic (exact) mass is 429 g/mol. The molecule has 0 spiro atoms. The van der Waals surface area contributed by atoms with Crippen LogP contribution in [0.5, 0.6) is 0 Å². The van der Waals surface area contributed by atoms with Gasteiger partial charge in [-0.15, -0.1) is 0 Å². The summed E-state index contributed by atoms with van der Waals surface area (Å²) in [7, 11) is 0. The van der Waals surface area contributed by atoms with Crippen LogP contribution in [0.15, 0.2) is 30.8 Å². The topological polar surface area (TPSA) is 29.5 Å². The van der Waals surface area contributed by atoms with Crippen LogP contribution in [0.1, 0.15) is 109 Å². The SMILES string of the molecule is C.C.C=C(CCC1CCCO1)c1ccc(C(=O)N2CCCC3CCCC[C@@H]32)cc1.CC. The molecule has 1 aliphatic carbocycles. The predicted octanol–water partition coefficient (Wildman–Crippen LogP) is 7.75. The van der Waals surface area contributed by atoms with E-state index < -0.39 is 0 Å². The average Bonchev–Trinajstić information content (AvgIpc) is 3.32. The molecule has 2 unspecified atom stereocenters. The van der Waals surface area contributed by atoms with Gasteiger partial charge in [-0.05, 0) is 80.6 Å². The van der Waals surface area contributed by atoms with Crippen LogP contribution in [0.4, 0.5) is 0 Å². The highest BCUT2D eigenvalue weighted by Crippen LogP contribution is 2.36. The van der Waals surface area contributed by atoms with Gasteiger partial charge in [0, 0.05) is 24.8 Å². The molecule has 3 heteroatoms. The molecule has 0 N–H and O–H groups in total. The second-order valence-corrected chi connectivity index (χ2v) is 8.61. The first-order valence-electron chi connectivity index (χ1n) is 11.9. The molecule has 176 valence electrons. The molecule has 3 fully saturated rings. The molecule has 2 saturated heterocycles. The maximum atomic E-state index is 13.1. The Hall–Kier alpha value is -1.61. The van der Waals surface area contributed by atoms with E-state index in [1.54, 1.807) is 0 Å². The lowest BCUT2D eigenvalue weighted by molar-refractivity contribution is 0.0390. The lowest BCUT2D eigenvalue weighted by Gasteiger charge is -2.44. The van der Waals surface area contributed by atoms with Crippen LogP contribution in [-0.2, 0) is 4.74 Å². The second kappa shape index (κ2) is 13.7. The van der Waals surface area contributed by atoms with Crippen molar-refractivity contribution in [2.45, 2.75) is 105 Å². The highest BCUT2D eigenvalue weighted by Gasteiger charge is 2.35. The number of amides is 1. The van der Waals surface area contributed by atoms with Crippen molar-refractivity contribution in [2.24, 2.45) is 5.92 Å². The van der Waals surface area contributed by atoms with Gasteiger partial charge < -0.3 is 9.64 Å². The first-order chi connectivity index (χ1) is 14.2. The summed E-state index contributed by atoms with van der Waals surface area (Å²) in [6.07, 6.45) is 12.4. The van der Waals surface area contributed by atoms with Gasteiger partial charge in [0.1, 0.15) is 0 Å². The van der Waals surface area contributed by atoms with E-state index in [4.69, 9.17) is 4.74 Å². The van der Waals surface area contributed by atoms with Crippen molar-refractivity contribution in [3.63, 3.8) is 0 Å². The number of benzene rings is 1. The summed E-state index contributed by atoms with van der Waals surface area (Å²) in [6, 6.07) is 8.63. The minimum absolute atomic E-state index is 0. The number of likely N-dealkylation sites (tertiary alicyclic amines) is 1. The van der Waals surface area contributed by atoms with E-state index in [1.807, 2.05) is 26.0 Å². The Labute approximate surface area is 192 Å². The van der Waals surface area contributed by atoms with Crippen molar-refractivity contribution in [1.29, 1.82) is 0 Å². The zero-order valence-electron chi connectivity index (χ0n) is 18.5. The van der Waals surface area contributed by atoms with Crippen molar-refractivity contribution in [3.05, 3.63) is 42.0 Å². The molecule has 3 aliphatic rings. The van der Waals surface area contributed by atoms with Gasteiger partial charge in [0.05, 0.1) is 6.10 Å². The highest BCUT2D eigenvalue weighted by molar-refractivity contribution is 5.94. The fourth-order valence-electron chi connectivity index (χ4n) is 5.24. The van der Waals surface area contributed by atoms with E-state index in [2.05, 4.69) is 23.6 Å². The number of rotatable bonds is 5. The summed E-state index contributed by atoms with van der Waals surface area (Å²) >= 11 is 0. The largest absolute Gasteiger partial charge is 0.378 e. The normalized spacial score (nSPS) is 24.6. The Morgan fingerprint density at radius 1 is 0.968 bits per heavy atom. The smallest absolute Gasteiger partial charge is 0.254 e. The molecular formula is C28H47NO2. The summed E-state index contributed by atoms with van der Waals surface area (Å²) < 4.78 is 5.71. The third-order valence-corrected chi connectivity index (χ3v) is 6.84. The molecule has 1 aromatic rings. The first-order valence-corrected chi connectivity index (χ1v) is 11.9. The fourth-order valence-corrected chi connectivity index (χ4v) is 5.24. The first kappa shape index (κ1) is 27.4. The molecule has 4 rings (SSSR count). The molecule has 0 bridgehead atoms. The van der Waals surface area contributed by atoms with Crippen LogP contribution in [0.2, 0.25) is 0 Å². The number of ether oxygens (including phenoxy) is 1. The van der Waals surface area contributed by atoms with E-state index >= 15 is 0 Å². The Morgan fingerprint density at radius 2 is 1.61 bits per heavy atom. The van der Waals surface area contributed by atoms with Crippen LogP contribution in [0.3, 0.4) is 0 Å². The minimum atomic E-state index is 0. The average molecular weight is 430 g/mol. The number of carbonyl (C=O) groups is 1. The summed E-state index contributed by atoms with van der Waals surface area (Å²) in [5.41, 5.74) is 3.13. The molecule has 2 heterocycles. The van der Waals surface area contributed by atoms with Crippen molar-refractivity contribution in [1.82, 2.24) is 4.90 Å². The Morgan fingerprint density at radius 3 is 2.29 bits per heavy atom. The Bertz CT molecular complexity index is 658. The van der Waals surface area contributed by atoms with Gasteiger partial charge in [0.2, 0.25) is 0 Å². The number of fused-ring (bicyclic) bond motifs is 1. The van der Waals surface area contributed by atoms with Gasteiger partial charge in [-0.3, -0.25) is 4.79 Å². The van der Waals surface area contributed by atoms with Gasteiger partial charge in [0.15, 0.2) is 0 Å². The van der Waals surface area contributed by atoms with Gasteiger partial charge in [-0.1, -0.05) is 60.3 Å². The highest BCUT2D eigenvalue weighted by atomic mass is 16.5. The molecule has 0 radical (unpaired) electrons. The van der Waals surface area contributed by atoms with E-state index in [0.717, 1.165) is 55.0 Å². The summed E-state index contributed by atoms with van der Waals surface area (Å²) in [6.45, 7) is 10.1. The number of carbonyl (C=O) groups excluding carboxylic acids is 1. The van der Waals surface area contributed by atoms with E-state index in [1.165, 1.54) is 44.9 Å². The van der Waals surface area contributed by atoms with Crippen molar-refractivity contribution in [3.8, 4) is 0 Å². The number of allylic oxidation sites excluding steroid dienone is 1. The van der Waals surface area contributed by atoms with Gasteiger partial charge in [-0.2, -0.15) is 0 Å². The predicted molar refractivity (Wildman–Crippen MR) is 135 cm³/mol. The van der Waals surface area contributed by atoms with Crippen LogP contribution < -0.4 is 0 Å². The Balaban J connectivity index is 0.00000117. The summed E-state index contributed by atoms with van der Waals surface area (Å²) in [4.78, 5) is 15.3. The van der Waals surface area contributed by atoms with E-state index in [9.17, 15) is 4.79 Å². The molecule has 3 nitrogen and oxygen atoms in total. The number of nitrogens with zero attached hydrogens (tertiary/aromatic N) is 1. The molecule has 1 amide bonds. The second-order valence-electron chi connectivity index (χ2n) is 8.61. The lowest BCUT2D eigenvalue weighted by Crippen LogP contribution is -2.49. The van der Waals surface area contributed by atoms with Gasteiger partial charge in [-0.25, -0.2) is 0 Å². The zero-order valence-corrected chi connectivity index (χ0v) is 18.5. The standard InChI is InChI=1S/C24H33NO2.C2H6.2CH4/c1-18(10-15-22-8-5-17-27-22)19-11-13-21(14-12-19)24(26)25-16-4-7-20-6-2-3-9-23(20)25;1-2;;/h11-14,20,22-23H,1-10,15-17H2;1-2H3;2*1H4/t20?,22?,23-;;;/m0.../s1. The maximum absolute atomic E-state index is 13.1. The number of hydrogen-bond donors (Lipinski definition) is 0. The van der Waals surface area contributed by atoms with E-state index in [0.29, 0.717) is 12.1 Å². The molecule has 2 aliphatic heterocycles. The van der Waals surface area contributed by atoms with Crippen molar-refractivity contribution in [2.75, 3.05) is 13.2 Å². The maximum Gasteiger partial charge on any atom is 0.254 e. The molecule has 0 aromatic heterocycles. The van der Waals surface area contributed by atoms with Gasteiger partial charge >= 0.3 is 0 Å². The van der Waals surface area contributed by atoms with E-state index in [-0.39, 0.29) is 20.8 Å². The summed E-state index contributed by atoms with van der Waals surface area (Å²) in [5, 5.41) is 0. The molecule has 31 heavy (non-hydrogen) atoms. The number of piperidine rings is 1. The Kier molecular flexibility index (Phi) is 12.1.